The largest absolute Gasteiger partial charge is 0.508 e. The van der Waals surface area contributed by atoms with Gasteiger partial charge in [0.15, 0.2) is 0 Å². The van der Waals surface area contributed by atoms with E-state index >= 15 is 0 Å². The average Bonchev–Trinajstić information content (AvgIpc) is 2.70. The molecule has 0 atom stereocenters. The van der Waals surface area contributed by atoms with Crippen molar-refractivity contribution in [1.29, 1.82) is 0 Å². The van der Waals surface area contributed by atoms with Crippen molar-refractivity contribution in [3.05, 3.63) is 94.5 Å². The highest BCUT2D eigenvalue weighted by Gasteiger charge is 2.12. The molecule has 4 nitrogen and oxygen atoms in total. The van der Waals surface area contributed by atoms with Crippen LogP contribution in [0.5, 0.6) is 5.75 Å². The van der Waals surface area contributed by atoms with E-state index in [0.717, 1.165) is 27.3 Å². The van der Waals surface area contributed by atoms with Gasteiger partial charge in [-0.05, 0) is 40.6 Å². The Morgan fingerprint density at radius 1 is 0.889 bits per heavy atom. The molecule has 2 aromatic heterocycles. The van der Waals surface area contributed by atoms with Crippen LogP contribution in [0.3, 0.4) is 0 Å². The van der Waals surface area contributed by atoms with Crippen LogP contribution in [-0.4, -0.2) is 10.1 Å². The van der Waals surface area contributed by atoms with Crippen molar-refractivity contribution in [3.8, 4) is 5.75 Å². The van der Waals surface area contributed by atoms with Crippen molar-refractivity contribution < 1.29 is 9.52 Å². The monoisotopic (exact) mass is 353 g/mol. The van der Waals surface area contributed by atoms with Gasteiger partial charge < -0.3 is 9.52 Å². The molecular weight excluding hydrogens is 338 g/mol. The molecule has 0 saturated carbocycles. The summed E-state index contributed by atoms with van der Waals surface area (Å²) < 4.78 is 5.43. The third kappa shape index (κ3) is 2.54. The van der Waals surface area contributed by atoms with Crippen LogP contribution in [-0.2, 0) is 6.42 Å². The summed E-state index contributed by atoms with van der Waals surface area (Å²) >= 11 is 0. The summed E-state index contributed by atoms with van der Waals surface area (Å²) in [5, 5.41) is 13.7. The molecule has 0 amide bonds. The number of nitrogens with zero attached hydrogens (tertiary/aromatic N) is 1. The van der Waals surface area contributed by atoms with Crippen LogP contribution in [0.15, 0.2) is 82.1 Å². The second-order valence-electron chi connectivity index (χ2n) is 6.59. The van der Waals surface area contributed by atoms with Gasteiger partial charge >= 0.3 is 5.63 Å². The number of phenols is 1. The first kappa shape index (κ1) is 15.6. The van der Waals surface area contributed by atoms with E-state index in [1.54, 1.807) is 18.3 Å². The molecule has 0 fully saturated rings. The van der Waals surface area contributed by atoms with Gasteiger partial charge in [0, 0.05) is 23.6 Å². The minimum absolute atomic E-state index is 0.236. The second-order valence-corrected chi connectivity index (χ2v) is 6.59. The van der Waals surface area contributed by atoms with Crippen molar-refractivity contribution in [2.75, 3.05) is 0 Å². The lowest BCUT2D eigenvalue weighted by atomic mass is 9.97. The maximum Gasteiger partial charge on any atom is 0.345 e. The number of hydrogen-bond acceptors (Lipinski definition) is 4. The van der Waals surface area contributed by atoms with Crippen molar-refractivity contribution in [2.45, 2.75) is 6.42 Å². The summed E-state index contributed by atoms with van der Waals surface area (Å²) in [6, 6.07) is 20.7. The zero-order chi connectivity index (χ0) is 18.4. The summed E-state index contributed by atoms with van der Waals surface area (Å²) in [6.45, 7) is 0. The minimum atomic E-state index is -0.403. The number of para-hydroxylation sites is 1. The van der Waals surface area contributed by atoms with Crippen molar-refractivity contribution in [1.82, 2.24) is 4.98 Å². The van der Waals surface area contributed by atoms with Gasteiger partial charge in [-0.25, -0.2) is 4.79 Å². The van der Waals surface area contributed by atoms with E-state index < -0.39 is 5.63 Å². The van der Waals surface area contributed by atoms with Gasteiger partial charge in [0.25, 0.3) is 0 Å². The highest BCUT2D eigenvalue weighted by molar-refractivity contribution is 6.01. The Morgan fingerprint density at radius 2 is 1.67 bits per heavy atom. The Hall–Kier alpha value is -3.66. The van der Waals surface area contributed by atoms with E-state index in [0.29, 0.717) is 22.9 Å². The molecule has 1 N–H and O–H groups in total. The molecular formula is C23H15NO3. The van der Waals surface area contributed by atoms with E-state index in [1.807, 2.05) is 54.6 Å². The van der Waals surface area contributed by atoms with Gasteiger partial charge in [0.2, 0.25) is 0 Å². The average molecular weight is 353 g/mol. The molecule has 3 aromatic carbocycles. The van der Waals surface area contributed by atoms with Crippen LogP contribution in [0.2, 0.25) is 0 Å². The smallest absolute Gasteiger partial charge is 0.345 e. The van der Waals surface area contributed by atoms with Gasteiger partial charge in [0.05, 0.1) is 10.9 Å². The summed E-state index contributed by atoms with van der Waals surface area (Å²) in [5.41, 5.74) is 2.42. The predicted molar refractivity (Wildman–Crippen MR) is 106 cm³/mol. The first-order valence-corrected chi connectivity index (χ1v) is 8.71. The fourth-order valence-electron chi connectivity index (χ4n) is 3.60. The molecule has 27 heavy (non-hydrogen) atoms. The SMILES string of the molecule is O=c1oc2ccccc2c2ncc(Cc3c(O)ccc4ccccc34)cc12. The third-order valence-electron chi connectivity index (χ3n) is 4.91. The topological polar surface area (TPSA) is 63.3 Å². The van der Waals surface area contributed by atoms with Crippen LogP contribution < -0.4 is 5.63 Å². The first-order valence-electron chi connectivity index (χ1n) is 8.71. The lowest BCUT2D eigenvalue weighted by Crippen LogP contribution is -2.02. The van der Waals surface area contributed by atoms with E-state index in [-0.39, 0.29) is 5.75 Å². The zero-order valence-electron chi connectivity index (χ0n) is 14.3. The molecule has 0 aliphatic heterocycles. The van der Waals surface area contributed by atoms with E-state index in [1.165, 1.54) is 0 Å². The fraction of sp³-hybridized carbons (Fsp3) is 0.0435. The molecule has 5 rings (SSSR count). The number of fused-ring (bicyclic) bond motifs is 4. The minimum Gasteiger partial charge on any atom is -0.508 e. The number of aromatic nitrogens is 1. The third-order valence-corrected chi connectivity index (χ3v) is 4.91. The molecule has 4 heteroatoms. The molecule has 130 valence electrons. The molecule has 0 aliphatic rings. The summed E-state index contributed by atoms with van der Waals surface area (Å²) in [6.07, 6.45) is 2.23. The van der Waals surface area contributed by atoms with E-state index in [4.69, 9.17) is 4.42 Å². The van der Waals surface area contributed by atoms with Crippen molar-refractivity contribution in [2.24, 2.45) is 0 Å². The van der Waals surface area contributed by atoms with Gasteiger partial charge in [-0.15, -0.1) is 0 Å². The quantitative estimate of drug-likeness (QED) is 0.366. The Morgan fingerprint density at radius 3 is 2.56 bits per heavy atom. The number of aromatic hydroxyl groups is 1. The number of pyridine rings is 1. The fourth-order valence-corrected chi connectivity index (χ4v) is 3.60. The molecule has 2 heterocycles. The number of phenolic OH excluding ortho intramolecular Hbond substituents is 1. The van der Waals surface area contributed by atoms with Crippen molar-refractivity contribution in [3.63, 3.8) is 0 Å². The Labute approximate surface area is 154 Å². The van der Waals surface area contributed by atoms with E-state index in [2.05, 4.69) is 4.98 Å². The molecule has 0 saturated heterocycles. The van der Waals surface area contributed by atoms with Crippen LogP contribution in [0.1, 0.15) is 11.1 Å². The maximum absolute atomic E-state index is 12.4. The Balaban J connectivity index is 1.69. The highest BCUT2D eigenvalue weighted by Crippen LogP contribution is 2.30. The summed E-state index contributed by atoms with van der Waals surface area (Å²) in [5.74, 6) is 0.236. The van der Waals surface area contributed by atoms with Gasteiger partial charge in [-0.3, -0.25) is 4.98 Å². The first-order chi connectivity index (χ1) is 13.2. The molecule has 0 radical (unpaired) electrons. The molecule has 0 unspecified atom stereocenters. The van der Waals surface area contributed by atoms with Crippen LogP contribution >= 0.6 is 0 Å². The number of benzene rings is 3. The van der Waals surface area contributed by atoms with Gasteiger partial charge in [-0.2, -0.15) is 0 Å². The molecule has 0 spiro atoms. The molecule has 5 aromatic rings. The van der Waals surface area contributed by atoms with Crippen LogP contribution in [0.25, 0.3) is 32.6 Å². The Bertz CT molecular complexity index is 1390. The number of rotatable bonds is 2. The van der Waals surface area contributed by atoms with Crippen LogP contribution in [0.4, 0.5) is 0 Å². The van der Waals surface area contributed by atoms with Crippen molar-refractivity contribution >= 4 is 32.6 Å². The van der Waals surface area contributed by atoms with Gasteiger partial charge in [-0.1, -0.05) is 42.5 Å². The summed E-state index contributed by atoms with van der Waals surface area (Å²) in [4.78, 5) is 17.0. The summed E-state index contributed by atoms with van der Waals surface area (Å²) in [7, 11) is 0. The normalized spacial score (nSPS) is 11.4. The Kier molecular flexibility index (Phi) is 3.44. The molecule has 0 bridgehead atoms. The van der Waals surface area contributed by atoms with E-state index in [9.17, 15) is 9.90 Å². The maximum atomic E-state index is 12.4. The lowest BCUT2D eigenvalue weighted by molar-refractivity contribution is 0.470. The highest BCUT2D eigenvalue weighted by atomic mass is 16.4. The van der Waals surface area contributed by atoms with Gasteiger partial charge in [0.1, 0.15) is 11.3 Å². The molecule has 0 aliphatic carbocycles. The zero-order valence-corrected chi connectivity index (χ0v) is 14.3. The van der Waals surface area contributed by atoms with Crippen LogP contribution in [0, 0.1) is 0 Å². The standard InChI is InChI=1S/C23H15NO3/c25-20-10-9-15-5-1-2-6-16(15)18(20)11-14-12-19-22(24-13-14)17-7-3-4-8-21(17)27-23(19)26/h1-10,12-13,25H,11H2. The second kappa shape index (κ2) is 5.95. The predicted octanol–water partition coefficient (Wildman–Crippen LogP) is 4.79. The number of hydrogen-bond donors (Lipinski definition) is 1. The lowest BCUT2D eigenvalue weighted by Gasteiger charge is -2.10.